The standard InChI is InChI=1S/C21H26O7/c1-11(2)5-8-16(28-17(25)10-21(3,4)27)12-9-15(24)18-13(22)6-7-14(23)19(18)20(12)26/h5-7,12,16,22-23,27H,8-10H2,1-4H3. The lowest BCUT2D eigenvalue weighted by Crippen LogP contribution is -2.39. The molecule has 1 aliphatic rings. The predicted molar refractivity (Wildman–Crippen MR) is 101 cm³/mol. The number of hydrogen-bond acceptors (Lipinski definition) is 7. The van der Waals surface area contributed by atoms with Gasteiger partial charge in [-0.25, -0.2) is 0 Å². The molecule has 0 spiro atoms. The molecule has 0 heterocycles. The van der Waals surface area contributed by atoms with Gasteiger partial charge in [-0.3, -0.25) is 14.4 Å². The summed E-state index contributed by atoms with van der Waals surface area (Å²) in [5, 5.41) is 29.8. The van der Waals surface area contributed by atoms with Gasteiger partial charge >= 0.3 is 5.97 Å². The van der Waals surface area contributed by atoms with Crippen LogP contribution in [0.15, 0.2) is 23.8 Å². The van der Waals surface area contributed by atoms with Gasteiger partial charge in [-0.15, -0.1) is 0 Å². The molecule has 0 saturated carbocycles. The fourth-order valence-electron chi connectivity index (χ4n) is 3.20. The highest BCUT2D eigenvalue weighted by Crippen LogP contribution is 2.39. The normalized spacial score (nSPS) is 17.7. The molecule has 28 heavy (non-hydrogen) atoms. The average Bonchev–Trinajstić information content (AvgIpc) is 2.55. The molecule has 2 rings (SSSR count). The molecule has 7 heteroatoms. The Balaban J connectivity index is 2.38. The van der Waals surface area contributed by atoms with E-state index in [-0.39, 0.29) is 36.1 Å². The van der Waals surface area contributed by atoms with Crippen molar-refractivity contribution in [3.8, 4) is 11.5 Å². The number of rotatable bonds is 6. The molecule has 0 bridgehead atoms. The highest BCUT2D eigenvalue weighted by Gasteiger charge is 2.42. The molecular formula is C21H26O7. The van der Waals surface area contributed by atoms with Crippen LogP contribution in [0.1, 0.15) is 67.7 Å². The third kappa shape index (κ3) is 4.98. The number of benzene rings is 1. The molecule has 0 amide bonds. The van der Waals surface area contributed by atoms with Crippen LogP contribution in [0.5, 0.6) is 11.5 Å². The van der Waals surface area contributed by atoms with Crippen molar-refractivity contribution in [2.75, 3.05) is 0 Å². The lowest BCUT2D eigenvalue weighted by atomic mass is 9.77. The molecule has 0 radical (unpaired) electrons. The van der Waals surface area contributed by atoms with Crippen molar-refractivity contribution in [3.63, 3.8) is 0 Å². The second-order valence-corrected chi connectivity index (χ2v) is 7.99. The Morgan fingerprint density at radius 3 is 2.32 bits per heavy atom. The summed E-state index contributed by atoms with van der Waals surface area (Å²) in [5.41, 5.74) is -0.785. The zero-order chi connectivity index (χ0) is 21.2. The summed E-state index contributed by atoms with van der Waals surface area (Å²) in [4.78, 5) is 37.8. The van der Waals surface area contributed by atoms with Crippen LogP contribution in [0.4, 0.5) is 0 Å². The van der Waals surface area contributed by atoms with E-state index in [9.17, 15) is 29.7 Å². The maximum Gasteiger partial charge on any atom is 0.308 e. The fourth-order valence-corrected chi connectivity index (χ4v) is 3.20. The van der Waals surface area contributed by atoms with Crippen LogP contribution in [0, 0.1) is 5.92 Å². The Morgan fingerprint density at radius 2 is 1.79 bits per heavy atom. The van der Waals surface area contributed by atoms with Gasteiger partial charge in [0.25, 0.3) is 0 Å². The summed E-state index contributed by atoms with van der Waals surface area (Å²) in [6, 6.07) is 2.30. The summed E-state index contributed by atoms with van der Waals surface area (Å²) < 4.78 is 5.46. The highest BCUT2D eigenvalue weighted by molar-refractivity contribution is 6.17. The number of ketones is 2. The van der Waals surface area contributed by atoms with Crippen molar-refractivity contribution in [3.05, 3.63) is 34.9 Å². The molecule has 1 aromatic carbocycles. The summed E-state index contributed by atoms with van der Waals surface area (Å²) in [5.74, 6) is -3.52. The Morgan fingerprint density at radius 1 is 1.21 bits per heavy atom. The average molecular weight is 390 g/mol. The van der Waals surface area contributed by atoms with Gasteiger partial charge in [0, 0.05) is 12.8 Å². The van der Waals surface area contributed by atoms with Crippen molar-refractivity contribution < 1.29 is 34.4 Å². The van der Waals surface area contributed by atoms with Crippen molar-refractivity contribution in [2.24, 2.45) is 5.92 Å². The first-order chi connectivity index (χ1) is 12.9. The van der Waals surface area contributed by atoms with Crippen LogP contribution in [0.3, 0.4) is 0 Å². The monoisotopic (exact) mass is 390 g/mol. The molecule has 1 aromatic rings. The molecule has 1 aliphatic carbocycles. The molecule has 0 saturated heterocycles. The molecular weight excluding hydrogens is 364 g/mol. The number of phenolic OH excluding ortho intramolecular Hbond substituents is 2. The van der Waals surface area contributed by atoms with Crippen molar-refractivity contribution in [1.29, 1.82) is 0 Å². The van der Waals surface area contributed by atoms with E-state index in [1.807, 2.05) is 13.8 Å². The Labute approximate surface area is 163 Å². The quantitative estimate of drug-likeness (QED) is 0.388. The molecule has 0 aliphatic heterocycles. The van der Waals surface area contributed by atoms with Gasteiger partial charge in [0.05, 0.1) is 29.1 Å². The number of carbonyl (C=O) groups is 3. The van der Waals surface area contributed by atoms with E-state index in [0.717, 1.165) is 17.7 Å². The number of carbonyl (C=O) groups excluding carboxylic acids is 3. The Hall–Kier alpha value is -2.67. The minimum Gasteiger partial charge on any atom is -0.507 e. The van der Waals surface area contributed by atoms with Crippen LogP contribution in [-0.4, -0.2) is 44.6 Å². The molecule has 0 aromatic heterocycles. The van der Waals surface area contributed by atoms with Gasteiger partial charge in [-0.2, -0.15) is 0 Å². The molecule has 7 nitrogen and oxygen atoms in total. The largest absolute Gasteiger partial charge is 0.507 e. The van der Waals surface area contributed by atoms with Gasteiger partial charge in [0.15, 0.2) is 11.6 Å². The number of aromatic hydroxyl groups is 2. The van der Waals surface area contributed by atoms with Crippen LogP contribution >= 0.6 is 0 Å². The van der Waals surface area contributed by atoms with Crippen molar-refractivity contribution >= 4 is 17.5 Å². The number of aliphatic hydroxyl groups is 1. The molecule has 3 N–H and O–H groups in total. The predicted octanol–water partition coefficient (Wildman–Crippen LogP) is 2.91. The van der Waals surface area contributed by atoms with Gasteiger partial charge < -0.3 is 20.1 Å². The summed E-state index contributed by atoms with van der Waals surface area (Å²) >= 11 is 0. The first-order valence-electron chi connectivity index (χ1n) is 9.08. The lowest BCUT2D eigenvalue weighted by molar-refractivity contribution is -0.155. The van der Waals surface area contributed by atoms with Gasteiger partial charge in [0.2, 0.25) is 0 Å². The lowest BCUT2D eigenvalue weighted by Gasteiger charge is -2.30. The SMILES string of the molecule is CC(C)=CCC(OC(=O)CC(C)(C)O)C1CC(=O)c2c(O)ccc(O)c2C1=O. The highest BCUT2D eigenvalue weighted by atomic mass is 16.5. The van der Waals surface area contributed by atoms with E-state index in [2.05, 4.69) is 0 Å². The third-order valence-electron chi connectivity index (χ3n) is 4.50. The second kappa shape index (κ2) is 8.14. The minimum absolute atomic E-state index is 0.204. The number of ether oxygens (including phenoxy) is 1. The summed E-state index contributed by atoms with van der Waals surface area (Å²) in [6.45, 7) is 6.63. The number of hydrogen-bond donors (Lipinski definition) is 3. The zero-order valence-electron chi connectivity index (χ0n) is 16.5. The summed E-state index contributed by atoms with van der Waals surface area (Å²) in [6.07, 6.45) is 0.544. The van der Waals surface area contributed by atoms with Crippen molar-refractivity contribution in [2.45, 2.75) is 58.7 Å². The van der Waals surface area contributed by atoms with E-state index in [0.29, 0.717) is 0 Å². The van der Waals surface area contributed by atoms with Crippen LogP contribution in [0.2, 0.25) is 0 Å². The van der Waals surface area contributed by atoms with E-state index in [4.69, 9.17) is 4.74 Å². The second-order valence-electron chi connectivity index (χ2n) is 7.99. The van der Waals surface area contributed by atoms with Crippen molar-refractivity contribution in [1.82, 2.24) is 0 Å². The number of phenols is 2. The van der Waals surface area contributed by atoms with Crippen LogP contribution in [0.25, 0.3) is 0 Å². The first kappa shape index (κ1) is 21.6. The first-order valence-corrected chi connectivity index (χ1v) is 9.08. The zero-order valence-corrected chi connectivity index (χ0v) is 16.5. The maximum atomic E-state index is 13.0. The van der Waals surface area contributed by atoms with Gasteiger partial charge in [-0.05, 0) is 39.8 Å². The third-order valence-corrected chi connectivity index (χ3v) is 4.50. The number of Topliss-reactive ketones (excluding diaryl/α,β-unsaturated/α-hetero) is 2. The Kier molecular flexibility index (Phi) is 6.29. The molecule has 0 fully saturated rings. The maximum absolute atomic E-state index is 13.0. The topological polar surface area (TPSA) is 121 Å². The van der Waals surface area contributed by atoms with Crippen LogP contribution in [-0.2, 0) is 9.53 Å². The number of fused-ring (bicyclic) bond motifs is 1. The fraction of sp³-hybridized carbons (Fsp3) is 0.476. The molecule has 2 atom stereocenters. The van der Waals surface area contributed by atoms with Gasteiger partial charge in [0.1, 0.15) is 17.6 Å². The Bertz CT molecular complexity index is 826. The number of allylic oxidation sites excluding steroid dienone is 1. The molecule has 152 valence electrons. The van der Waals surface area contributed by atoms with E-state index < -0.39 is 40.9 Å². The smallest absolute Gasteiger partial charge is 0.308 e. The van der Waals surface area contributed by atoms with E-state index in [1.54, 1.807) is 6.08 Å². The van der Waals surface area contributed by atoms with Crippen LogP contribution < -0.4 is 0 Å². The molecule has 2 unspecified atom stereocenters. The van der Waals surface area contributed by atoms with E-state index >= 15 is 0 Å². The van der Waals surface area contributed by atoms with Gasteiger partial charge in [-0.1, -0.05) is 11.6 Å². The summed E-state index contributed by atoms with van der Waals surface area (Å²) in [7, 11) is 0. The van der Waals surface area contributed by atoms with E-state index in [1.165, 1.54) is 13.8 Å². The minimum atomic E-state index is -1.28. The number of esters is 1.